The minimum atomic E-state index is 0.475. The average molecular weight is 305 g/mol. The van der Waals surface area contributed by atoms with E-state index in [2.05, 4.69) is 61.4 Å². The second-order valence-corrected chi connectivity index (χ2v) is 6.74. The van der Waals surface area contributed by atoms with Crippen molar-refractivity contribution in [3.8, 4) is 0 Å². The second kappa shape index (κ2) is 7.76. The molecule has 0 spiro atoms. The fraction of sp³-hybridized carbons (Fsp3) is 0.588. The van der Waals surface area contributed by atoms with Crippen molar-refractivity contribution in [3.05, 3.63) is 40.1 Å². The van der Waals surface area contributed by atoms with Gasteiger partial charge in [-0.05, 0) is 24.6 Å². The summed E-state index contributed by atoms with van der Waals surface area (Å²) in [7, 11) is 0. The average Bonchev–Trinajstić information content (AvgIpc) is 3.08. The molecule has 0 amide bonds. The second-order valence-electron chi connectivity index (χ2n) is 5.85. The van der Waals surface area contributed by atoms with Crippen molar-refractivity contribution in [2.24, 2.45) is 0 Å². The smallest absolute Gasteiger partial charge is 0.0954 e. The lowest BCUT2D eigenvalue weighted by atomic mass is 10.1. The van der Waals surface area contributed by atoms with E-state index in [4.69, 9.17) is 4.98 Å². The summed E-state index contributed by atoms with van der Waals surface area (Å²) in [6.07, 6.45) is 6.82. The van der Waals surface area contributed by atoms with Crippen LogP contribution < -0.4 is 5.32 Å². The standard InChI is InChI=1S/C17H27N3S/c1-5-7-16(18-6-2)14-8-9-20(10-14)11-15-12-21-17(19-15)13(3)4/h8-10,12-13,16,18H,5-7,11H2,1-4H3. The number of aromatic nitrogens is 2. The van der Waals surface area contributed by atoms with Gasteiger partial charge in [-0.25, -0.2) is 4.98 Å². The summed E-state index contributed by atoms with van der Waals surface area (Å²) in [6.45, 7) is 10.7. The first-order valence-corrected chi connectivity index (χ1v) is 8.85. The highest BCUT2D eigenvalue weighted by Gasteiger charge is 2.11. The van der Waals surface area contributed by atoms with E-state index in [9.17, 15) is 0 Å². The predicted octanol–water partition coefficient (Wildman–Crippen LogP) is 4.57. The molecule has 0 aliphatic rings. The molecular weight excluding hydrogens is 278 g/mol. The molecule has 21 heavy (non-hydrogen) atoms. The van der Waals surface area contributed by atoms with Crippen molar-refractivity contribution in [2.75, 3.05) is 6.54 Å². The SMILES string of the molecule is CCCC(NCC)c1ccn(Cc2csc(C(C)C)n2)c1. The van der Waals surface area contributed by atoms with Crippen molar-refractivity contribution >= 4 is 11.3 Å². The topological polar surface area (TPSA) is 29.9 Å². The molecule has 116 valence electrons. The Morgan fingerprint density at radius 1 is 1.33 bits per heavy atom. The van der Waals surface area contributed by atoms with Gasteiger partial charge < -0.3 is 9.88 Å². The minimum absolute atomic E-state index is 0.475. The van der Waals surface area contributed by atoms with Crippen molar-refractivity contribution < 1.29 is 0 Å². The van der Waals surface area contributed by atoms with E-state index >= 15 is 0 Å². The highest BCUT2D eigenvalue weighted by molar-refractivity contribution is 7.09. The number of nitrogens with zero attached hydrogens (tertiary/aromatic N) is 2. The Morgan fingerprint density at radius 3 is 2.76 bits per heavy atom. The zero-order valence-electron chi connectivity index (χ0n) is 13.6. The van der Waals surface area contributed by atoms with Gasteiger partial charge in [-0.1, -0.05) is 34.1 Å². The van der Waals surface area contributed by atoms with Crippen LogP contribution in [-0.2, 0) is 6.54 Å². The van der Waals surface area contributed by atoms with Crippen LogP contribution in [0.1, 0.15) is 68.8 Å². The van der Waals surface area contributed by atoms with E-state index in [-0.39, 0.29) is 0 Å². The van der Waals surface area contributed by atoms with Gasteiger partial charge in [0.05, 0.1) is 17.2 Å². The van der Waals surface area contributed by atoms with Crippen LogP contribution in [0.25, 0.3) is 0 Å². The van der Waals surface area contributed by atoms with Crippen molar-refractivity contribution in [3.63, 3.8) is 0 Å². The Balaban J connectivity index is 2.04. The van der Waals surface area contributed by atoms with Crippen molar-refractivity contribution in [1.82, 2.24) is 14.9 Å². The predicted molar refractivity (Wildman–Crippen MR) is 91.1 cm³/mol. The van der Waals surface area contributed by atoms with Crippen molar-refractivity contribution in [1.29, 1.82) is 0 Å². The molecule has 1 atom stereocenters. The first-order chi connectivity index (χ1) is 10.1. The third-order valence-electron chi connectivity index (χ3n) is 3.61. The summed E-state index contributed by atoms with van der Waals surface area (Å²) >= 11 is 1.77. The van der Waals surface area contributed by atoms with Crippen LogP contribution in [0.4, 0.5) is 0 Å². The van der Waals surface area contributed by atoms with E-state index < -0.39 is 0 Å². The zero-order chi connectivity index (χ0) is 15.2. The number of rotatable bonds is 8. The molecule has 0 aliphatic carbocycles. The maximum Gasteiger partial charge on any atom is 0.0954 e. The van der Waals surface area contributed by atoms with Gasteiger partial charge in [0, 0.05) is 29.7 Å². The number of hydrogen-bond donors (Lipinski definition) is 1. The first-order valence-electron chi connectivity index (χ1n) is 7.97. The lowest BCUT2D eigenvalue weighted by Crippen LogP contribution is -2.20. The number of hydrogen-bond acceptors (Lipinski definition) is 3. The molecule has 1 N–H and O–H groups in total. The molecule has 2 heterocycles. The van der Waals surface area contributed by atoms with Crippen LogP contribution in [0.5, 0.6) is 0 Å². The molecule has 3 nitrogen and oxygen atoms in total. The molecule has 2 aromatic heterocycles. The first kappa shape index (κ1) is 16.2. The van der Waals surface area contributed by atoms with Gasteiger partial charge >= 0.3 is 0 Å². The van der Waals surface area contributed by atoms with E-state index in [1.807, 2.05) is 0 Å². The third kappa shape index (κ3) is 4.42. The van der Waals surface area contributed by atoms with Gasteiger partial charge in [-0.3, -0.25) is 0 Å². The zero-order valence-corrected chi connectivity index (χ0v) is 14.4. The Kier molecular flexibility index (Phi) is 6.00. The Bertz CT molecular complexity index is 536. The van der Waals surface area contributed by atoms with Gasteiger partial charge in [-0.15, -0.1) is 11.3 Å². The van der Waals surface area contributed by atoms with Gasteiger partial charge in [0.15, 0.2) is 0 Å². The normalized spacial score (nSPS) is 13.0. The van der Waals surface area contributed by atoms with Crippen LogP contribution in [0.15, 0.2) is 23.8 Å². The molecular formula is C17H27N3S. The molecule has 4 heteroatoms. The molecule has 2 rings (SSSR count). The molecule has 0 bridgehead atoms. The lowest BCUT2D eigenvalue weighted by Gasteiger charge is -2.15. The summed E-state index contributed by atoms with van der Waals surface area (Å²) in [5, 5.41) is 6.98. The summed E-state index contributed by atoms with van der Waals surface area (Å²) in [4.78, 5) is 4.71. The molecule has 0 aliphatic heterocycles. The molecule has 1 unspecified atom stereocenters. The van der Waals surface area contributed by atoms with Gasteiger partial charge in [-0.2, -0.15) is 0 Å². The van der Waals surface area contributed by atoms with Crippen LogP contribution in [0, 0.1) is 0 Å². The number of nitrogens with one attached hydrogen (secondary N) is 1. The Morgan fingerprint density at radius 2 is 2.14 bits per heavy atom. The maximum absolute atomic E-state index is 4.71. The quantitative estimate of drug-likeness (QED) is 0.774. The van der Waals surface area contributed by atoms with Gasteiger partial charge in [0.2, 0.25) is 0 Å². The highest BCUT2D eigenvalue weighted by Crippen LogP contribution is 2.22. The van der Waals surface area contributed by atoms with E-state index in [1.54, 1.807) is 11.3 Å². The van der Waals surface area contributed by atoms with E-state index in [0.29, 0.717) is 12.0 Å². The monoisotopic (exact) mass is 305 g/mol. The summed E-state index contributed by atoms with van der Waals surface area (Å²) in [5.41, 5.74) is 2.55. The van der Waals surface area contributed by atoms with E-state index in [1.165, 1.54) is 29.1 Å². The lowest BCUT2D eigenvalue weighted by molar-refractivity contribution is 0.508. The Labute approximate surface area is 132 Å². The van der Waals surface area contributed by atoms with Crippen molar-refractivity contribution in [2.45, 2.75) is 59.0 Å². The summed E-state index contributed by atoms with van der Waals surface area (Å²) in [6, 6.07) is 2.71. The third-order valence-corrected chi connectivity index (χ3v) is 4.81. The molecule has 0 saturated carbocycles. The van der Waals surface area contributed by atoms with Crippen LogP contribution in [0.3, 0.4) is 0 Å². The number of thiazole rings is 1. The molecule has 0 radical (unpaired) electrons. The molecule has 0 aromatic carbocycles. The van der Waals surface area contributed by atoms with Crippen LogP contribution in [-0.4, -0.2) is 16.1 Å². The fourth-order valence-corrected chi connectivity index (χ4v) is 3.36. The Hall–Kier alpha value is -1.13. The van der Waals surface area contributed by atoms with Gasteiger partial charge in [0.1, 0.15) is 0 Å². The minimum Gasteiger partial charge on any atom is -0.348 e. The fourth-order valence-electron chi connectivity index (χ4n) is 2.53. The van der Waals surface area contributed by atoms with E-state index in [0.717, 1.165) is 13.1 Å². The summed E-state index contributed by atoms with van der Waals surface area (Å²) < 4.78 is 2.24. The van der Waals surface area contributed by atoms with Gasteiger partial charge in [0.25, 0.3) is 0 Å². The largest absolute Gasteiger partial charge is 0.348 e. The molecule has 2 aromatic rings. The highest BCUT2D eigenvalue weighted by atomic mass is 32.1. The maximum atomic E-state index is 4.71. The van der Waals surface area contributed by atoms with Crippen LogP contribution in [0.2, 0.25) is 0 Å². The molecule has 0 saturated heterocycles. The van der Waals surface area contributed by atoms with Crippen LogP contribution >= 0.6 is 11.3 Å². The summed E-state index contributed by atoms with van der Waals surface area (Å²) in [5.74, 6) is 0.520. The molecule has 0 fully saturated rings.